The van der Waals surface area contributed by atoms with Crippen LogP contribution in [0.5, 0.6) is 0 Å². The van der Waals surface area contributed by atoms with E-state index in [0.29, 0.717) is 5.82 Å². The molecule has 0 saturated carbocycles. The van der Waals surface area contributed by atoms with E-state index < -0.39 is 0 Å². The lowest BCUT2D eigenvalue weighted by Gasteiger charge is -2.15. The van der Waals surface area contributed by atoms with Crippen LogP contribution in [0, 0.1) is 0 Å². The maximum atomic E-state index is 5.33. The molecule has 0 atom stereocenters. The van der Waals surface area contributed by atoms with Gasteiger partial charge in [-0.3, -0.25) is 0 Å². The summed E-state index contributed by atoms with van der Waals surface area (Å²) in [4.78, 5) is 10.6. The van der Waals surface area contributed by atoms with Crippen LogP contribution in [0.4, 0.5) is 0 Å². The zero-order chi connectivity index (χ0) is 37.0. The van der Waals surface area contributed by atoms with E-state index in [1.165, 1.54) is 51.5 Å². The fraction of sp³-hybridized carbons (Fsp3) is 0. The second-order valence-corrected chi connectivity index (χ2v) is 16.3. The van der Waals surface area contributed by atoms with Crippen LogP contribution in [0.3, 0.4) is 0 Å². The quantitative estimate of drug-likeness (QED) is 0.169. The van der Waals surface area contributed by atoms with Gasteiger partial charge in [-0.15, -0.1) is 22.7 Å². The summed E-state index contributed by atoms with van der Waals surface area (Å²) in [7, 11) is 0. The summed E-state index contributed by atoms with van der Waals surface area (Å²) in [5.41, 5.74) is 11.8. The van der Waals surface area contributed by atoms with Gasteiger partial charge in [-0.25, -0.2) is 9.97 Å². The van der Waals surface area contributed by atoms with Crippen molar-refractivity contribution >= 4 is 63.0 Å². The summed E-state index contributed by atoms with van der Waals surface area (Å²) in [6.07, 6.45) is 0. The third-order valence-electron chi connectivity index (χ3n) is 10.7. The molecule has 3 aromatic heterocycles. The Morgan fingerprint density at radius 3 is 1.34 bits per heavy atom. The normalized spacial score (nSPS) is 11.6. The summed E-state index contributed by atoms with van der Waals surface area (Å²) >= 11 is 3.70. The maximum Gasteiger partial charge on any atom is 0.160 e. The first-order chi connectivity index (χ1) is 27.7. The molecule has 0 aliphatic carbocycles. The molecule has 0 spiro atoms. The molecule has 8 aromatic carbocycles. The Morgan fingerprint density at radius 2 is 0.732 bits per heavy atom. The number of fused-ring (bicyclic) bond motifs is 6. The Bertz CT molecular complexity index is 3120. The van der Waals surface area contributed by atoms with Gasteiger partial charge in [-0.05, 0) is 94.0 Å². The van der Waals surface area contributed by atoms with Gasteiger partial charge in [0, 0.05) is 57.0 Å². The van der Waals surface area contributed by atoms with Crippen LogP contribution in [0.15, 0.2) is 194 Å². The lowest BCUT2D eigenvalue weighted by Crippen LogP contribution is -1.97. The Balaban J connectivity index is 1.15. The maximum absolute atomic E-state index is 5.33. The number of thiophene rings is 2. The van der Waals surface area contributed by atoms with Crippen LogP contribution in [0.25, 0.3) is 108 Å². The summed E-state index contributed by atoms with van der Waals surface area (Å²) < 4.78 is 5.21. The van der Waals surface area contributed by atoms with E-state index in [2.05, 4.69) is 188 Å². The average molecular weight is 749 g/mol. The van der Waals surface area contributed by atoms with E-state index in [1.54, 1.807) is 0 Å². The SMILES string of the molecule is c1ccc(-c2nc(-c3cc(-c4ccc5sc6ccccc6c5c4)cc(-c4ccc5sc6ccccc6c5c4)c3)cc(-c3ccccc3-c3ccccc3)n2)cc1. The topological polar surface area (TPSA) is 25.8 Å². The molecule has 11 rings (SSSR count). The van der Waals surface area contributed by atoms with Crippen molar-refractivity contribution in [2.24, 2.45) is 0 Å². The van der Waals surface area contributed by atoms with Crippen LogP contribution in [0.1, 0.15) is 0 Å². The highest BCUT2D eigenvalue weighted by molar-refractivity contribution is 7.26. The zero-order valence-corrected chi connectivity index (χ0v) is 31.8. The van der Waals surface area contributed by atoms with Gasteiger partial charge in [0.1, 0.15) is 0 Å². The highest BCUT2D eigenvalue weighted by atomic mass is 32.1. The number of aromatic nitrogens is 2. The van der Waals surface area contributed by atoms with Gasteiger partial charge in [0.2, 0.25) is 0 Å². The van der Waals surface area contributed by atoms with Crippen molar-refractivity contribution in [3.63, 3.8) is 0 Å². The van der Waals surface area contributed by atoms with Crippen molar-refractivity contribution in [2.75, 3.05) is 0 Å². The van der Waals surface area contributed by atoms with Gasteiger partial charge in [-0.2, -0.15) is 0 Å². The van der Waals surface area contributed by atoms with Crippen molar-refractivity contribution < 1.29 is 0 Å². The van der Waals surface area contributed by atoms with E-state index in [1.807, 2.05) is 28.7 Å². The first-order valence-corrected chi connectivity index (χ1v) is 20.4. The standard InChI is InChI=1S/C52H32N2S2/c1-3-13-33(14-4-1)40-17-7-8-18-41(40)47-32-46(53-52(54-47)34-15-5-2-6-16-34)39-28-37(35-23-25-50-44(30-35)42-19-9-11-21-48(42)55-50)27-38(29-39)36-24-26-51-45(31-36)43-20-10-12-22-49(43)56-51/h1-32H. The molecule has 0 radical (unpaired) electrons. The second-order valence-electron chi connectivity index (χ2n) is 14.2. The van der Waals surface area contributed by atoms with Gasteiger partial charge < -0.3 is 0 Å². The highest BCUT2D eigenvalue weighted by Gasteiger charge is 2.17. The summed E-state index contributed by atoms with van der Waals surface area (Å²) in [5, 5.41) is 5.17. The van der Waals surface area contributed by atoms with E-state index in [-0.39, 0.29) is 0 Å². The number of benzene rings is 8. The molecule has 11 aromatic rings. The predicted octanol–water partition coefficient (Wildman–Crippen LogP) is 15.2. The molecule has 0 saturated heterocycles. The fourth-order valence-corrected chi connectivity index (χ4v) is 10.1. The van der Waals surface area contributed by atoms with Crippen molar-refractivity contribution in [3.05, 3.63) is 194 Å². The van der Waals surface area contributed by atoms with Crippen LogP contribution in [0.2, 0.25) is 0 Å². The predicted molar refractivity (Wildman–Crippen MR) is 240 cm³/mol. The first kappa shape index (κ1) is 32.7. The molecule has 0 amide bonds. The minimum absolute atomic E-state index is 0.699. The number of rotatable bonds is 6. The van der Waals surface area contributed by atoms with Crippen LogP contribution in [-0.2, 0) is 0 Å². The van der Waals surface area contributed by atoms with Gasteiger partial charge in [0.05, 0.1) is 11.4 Å². The lowest BCUT2D eigenvalue weighted by atomic mass is 9.92. The highest BCUT2D eigenvalue weighted by Crippen LogP contribution is 2.42. The average Bonchev–Trinajstić information content (AvgIpc) is 3.84. The van der Waals surface area contributed by atoms with Crippen molar-refractivity contribution in [1.29, 1.82) is 0 Å². The zero-order valence-electron chi connectivity index (χ0n) is 30.2. The van der Waals surface area contributed by atoms with Gasteiger partial charge in [-0.1, -0.05) is 133 Å². The van der Waals surface area contributed by atoms with E-state index in [0.717, 1.165) is 50.3 Å². The van der Waals surface area contributed by atoms with Crippen molar-refractivity contribution in [3.8, 4) is 67.3 Å². The summed E-state index contributed by atoms with van der Waals surface area (Å²) in [5.74, 6) is 0.699. The summed E-state index contributed by atoms with van der Waals surface area (Å²) in [6.45, 7) is 0. The number of hydrogen-bond donors (Lipinski definition) is 0. The van der Waals surface area contributed by atoms with E-state index in [4.69, 9.17) is 9.97 Å². The lowest BCUT2D eigenvalue weighted by molar-refractivity contribution is 1.18. The largest absolute Gasteiger partial charge is 0.228 e. The number of nitrogens with zero attached hydrogens (tertiary/aromatic N) is 2. The van der Waals surface area contributed by atoms with Crippen LogP contribution >= 0.6 is 22.7 Å². The van der Waals surface area contributed by atoms with E-state index >= 15 is 0 Å². The first-order valence-electron chi connectivity index (χ1n) is 18.8. The van der Waals surface area contributed by atoms with Gasteiger partial charge in [0.25, 0.3) is 0 Å². The molecule has 262 valence electrons. The molecular weight excluding hydrogens is 717 g/mol. The Hall–Kier alpha value is -6.72. The van der Waals surface area contributed by atoms with Crippen LogP contribution in [-0.4, -0.2) is 9.97 Å². The molecule has 2 nitrogen and oxygen atoms in total. The van der Waals surface area contributed by atoms with Gasteiger partial charge in [0.15, 0.2) is 5.82 Å². The molecule has 0 N–H and O–H groups in total. The van der Waals surface area contributed by atoms with Crippen molar-refractivity contribution in [2.45, 2.75) is 0 Å². The molecule has 0 bridgehead atoms. The fourth-order valence-electron chi connectivity index (χ4n) is 7.95. The second kappa shape index (κ2) is 13.5. The molecule has 56 heavy (non-hydrogen) atoms. The molecule has 0 aliphatic heterocycles. The molecular formula is C52H32N2S2. The molecule has 0 aliphatic rings. The monoisotopic (exact) mass is 748 g/mol. The van der Waals surface area contributed by atoms with Crippen molar-refractivity contribution in [1.82, 2.24) is 9.97 Å². The van der Waals surface area contributed by atoms with E-state index in [9.17, 15) is 0 Å². The van der Waals surface area contributed by atoms with Gasteiger partial charge >= 0.3 is 0 Å². The summed E-state index contributed by atoms with van der Waals surface area (Å²) in [6, 6.07) is 69.8. The van der Waals surface area contributed by atoms with Crippen LogP contribution < -0.4 is 0 Å². The third-order valence-corrected chi connectivity index (χ3v) is 13.0. The Labute approximate surface area is 332 Å². The minimum Gasteiger partial charge on any atom is -0.228 e. The molecule has 4 heteroatoms. The molecule has 0 fully saturated rings. The molecule has 0 unspecified atom stereocenters. The molecule has 3 heterocycles. The Morgan fingerprint density at radius 1 is 0.268 bits per heavy atom. The Kier molecular flexibility index (Phi) is 7.90. The smallest absolute Gasteiger partial charge is 0.160 e. The third kappa shape index (κ3) is 5.79. The number of hydrogen-bond acceptors (Lipinski definition) is 4. The minimum atomic E-state index is 0.699.